The standard InChI is InChI=1S/C34H33BrN2O3/c1-22-24(3)37(19-25-11-13-26(14-12-25)31-10-5-4-7-29(31)20-40-21-38)33-16-15-28(18-32(22)33)34(39)36-23(2)27-8-6-9-30(35)17-27/h4-18,23,38H,19-21H2,1-3H3,(H,36,39)/t23-/m0/s1. The number of aliphatic hydroxyl groups excluding tert-OH is 1. The molecule has 0 saturated heterocycles. The van der Waals surface area contributed by atoms with Crippen LogP contribution in [0, 0.1) is 13.8 Å². The molecule has 0 spiro atoms. The summed E-state index contributed by atoms with van der Waals surface area (Å²) >= 11 is 3.51. The van der Waals surface area contributed by atoms with Gasteiger partial charge in [0, 0.05) is 33.2 Å². The van der Waals surface area contributed by atoms with Crippen molar-refractivity contribution in [2.45, 2.75) is 40.0 Å². The lowest BCUT2D eigenvalue weighted by atomic mass is 9.99. The summed E-state index contributed by atoms with van der Waals surface area (Å²) in [6.45, 7) is 7.05. The van der Waals surface area contributed by atoms with Crippen LogP contribution in [0.4, 0.5) is 0 Å². The van der Waals surface area contributed by atoms with E-state index < -0.39 is 0 Å². The lowest BCUT2D eigenvalue weighted by molar-refractivity contribution is -0.0110. The van der Waals surface area contributed by atoms with E-state index in [9.17, 15) is 4.79 Å². The van der Waals surface area contributed by atoms with Gasteiger partial charge in [-0.3, -0.25) is 4.79 Å². The zero-order valence-corrected chi connectivity index (χ0v) is 24.5. The Labute approximate surface area is 243 Å². The Morgan fingerprint density at radius 3 is 2.50 bits per heavy atom. The fourth-order valence-electron chi connectivity index (χ4n) is 5.19. The van der Waals surface area contributed by atoms with Crippen LogP contribution in [0.25, 0.3) is 22.0 Å². The minimum atomic E-state index is -0.298. The zero-order chi connectivity index (χ0) is 28.2. The van der Waals surface area contributed by atoms with Gasteiger partial charge in [0.25, 0.3) is 5.91 Å². The van der Waals surface area contributed by atoms with Gasteiger partial charge >= 0.3 is 0 Å². The van der Waals surface area contributed by atoms with Gasteiger partial charge in [-0.25, -0.2) is 0 Å². The van der Waals surface area contributed by atoms with E-state index in [1.807, 2.05) is 61.5 Å². The molecule has 0 bridgehead atoms. The first-order chi connectivity index (χ1) is 19.4. The lowest BCUT2D eigenvalue weighted by Gasteiger charge is -2.15. The first-order valence-electron chi connectivity index (χ1n) is 13.4. The molecule has 0 unspecified atom stereocenters. The average Bonchev–Trinajstić information content (AvgIpc) is 3.20. The molecule has 0 radical (unpaired) electrons. The van der Waals surface area contributed by atoms with E-state index in [1.54, 1.807) is 0 Å². The number of hydrogen-bond donors (Lipinski definition) is 2. The number of amides is 1. The summed E-state index contributed by atoms with van der Waals surface area (Å²) in [4.78, 5) is 13.1. The van der Waals surface area contributed by atoms with Crippen LogP contribution in [-0.4, -0.2) is 22.4 Å². The highest BCUT2D eigenvalue weighted by Crippen LogP contribution is 2.29. The number of nitrogens with one attached hydrogen (secondary N) is 1. The number of carbonyl (C=O) groups is 1. The number of fused-ring (bicyclic) bond motifs is 1. The molecule has 2 N–H and O–H groups in total. The Morgan fingerprint density at radius 2 is 1.75 bits per heavy atom. The summed E-state index contributed by atoms with van der Waals surface area (Å²) in [6.07, 6.45) is 0. The molecule has 5 nitrogen and oxygen atoms in total. The maximum Gasteiger partial charge on any atom is 0.251 e. The van der Waals surface area contributed by atoms with Gasteiger partial charge in [0.2, 0.25) is 0 Å². The number of benzene rings is 4. The minimum Gasteiger partial charge on any atom is -0.371 e. The van der Waals surface area contributed by atoms with Crippen molar-refractivity contribution in [2.24, 2.45) is 0 Å². The molecule has 40 heavy (non-hydrogen) atoms. The average molecular weight is 598 g/mol. The van der Waals surface area contributed by atoms with Crippen molar-refractivity contribution in [3.05, 3.63) is 129 Å². The fourth-order valence-corrected chi connectivity index (χ4v) is 5.61. The third-order valence-corrected chi connectivity index (χ3v) is 8.06. The van der Waals surface area contributed by atoms with Gasteiger partial charge in [-0.1, -0.05) is 76.6 Å². The third kappa shape index (κ3) is 5.89. The van der Waals surface area contributed by atoms with Crippen LogP contribution in [-0.2, 0) is 17.9 Å². The highest BCUT2D eigenvalue weighted by Gasteiger charge is 2.16. The smallest absolute Gasteiger partial charge is 0.251 e. The molecule has 1 atom stereocenters. The quantitative estimate of drug-likeness (QED) is 0.171. The maximum atomic E-state index is 13.1. The summed E-state index contributed by atoms with van der Waals surface area (Å²) in [5.74, 6) is -0.0839. The number of ether oxygens (including phenoxy) is 1. The molecule has 0 aliphatic rings. The molecule has 0 aliphatic heterocycles. The van der Waals surface area contributed by atoms with Crippen molar-refractivity contribution in [3.63, 3.8) is 0 Å². The van der Waals surface area contributed by atoms with Gasteiger partial charge in [0.1, 0.15) is 6.79 Å². The molecular weight excluding hydrogens is 564 g/mol. The summed E-state index contributed by atoms with van der Waals surface area (Å²) < 4.78 is 8.54. The number of carbonyl (C=O) groups excluding carboxylic acids is 1. The first kappa shape index (κ1) is 27.8. The number of rotatable bonds is 9. The molecule has 1 amide bonds. The van der Waals surface area contributed by atoms with Crippen LogP contribution in [0.1, 0.15) is 51.3 Å². The van der Waals surface area contributed by atoms with Crippen molar-refractivity contribution >= 4 is 32.7 Å². The Balaban J connectivity index is 1.36. The monoisotopic (exact) mass is 596 g/mol. The molecule has 4 aromatic carbocycles. The molecule has 1 aromatic heterocycles. The van der Waals surface area contributed by atoms with Crippen LogP contribution >= 0.6 is 15.9 Å². The topological polar surface area (TPSA) is 63.5 Å². The molecule has 6 heteroatoms. The SMILES string of the molecule is Cc1c(C)n(Cc2ccc(-c3ccccc3COCO)cc2)c2ccc(C(=O)N[C@@H](C)c3cccc(Br)c3)cc12. The van der Waals surface area contributed by atoms with Gasteiger partial charge in [-0.15, -0.1) is 0 Å². The van der Waals surface area contributed by atoms with Crippen LogP contribution in [0.15, 0.2) is 95.5 Å². The van der Waals surface area contributed by atoms with E-state index in [2.05, 4.69) is 76.1 Å². The van der Waals surface area contributed by atoms with E-state index in [4.69, 9.17) is 9.84 Å². The molecule has 5 aromatic rings. The van der Waals surface area contributed by atoms with Gasteiger partial charge < -0.3 is 19.7 Å². The van der Waals surface area contributed by atoms with E-state index in [1.165, 1.54) is 16.8 Å². The third-order valence-electron chi connectivity index (χ3n) is 7.57. The van der Waals surface area contributed by atoms with Crippen molar-refractivity contribution in [1.29, 1.82) is 0 Å². The largest absolute Gasteiger partial charge is 0.371 e. The summed E-state index contributed by atoms with van der Waals surface area (Å²) in [6, 6.07) is 30.5. The predicted molar refractivity (Wildman–Crippen MR) is 164 cm³/mol. The van der Waals surface area contributed by atoms with E-state index in [0.717, 1.165) is 44.2 Å². The second-order valence-corrected chi connectivity index (χ2v) is 11.0. The number of aliphatic hydroxyl groups is 1. The van der Waals surface area contributed by atoms with E-state index in [0.29, 0.717) is 12.2 Å². The second kappa shape index (κ2) is 12.2. The number of aromatic nitrogens is 1. The molecule has 204 valence electrons. The fraction of sp³-hybridized carbons (Fsp3) is 0.206. The lowest BCUT2D eigenvalue weighted by Crippen LogP contribution is -2.26. The Morgan fingerprint density at radius 1 is 0.975 bits per heavy atom. The van der Waals surface area contributed by atoms with Crippen LogP contribution in [0.3, 0.4) is 0 Å². The zero-order valence-electron chi connectivity index (χ0n) is 22.9. The highest BCUT2D eigenvalue weighted by molar-refractivity contribution is 9.10. The van der Waals surface area contributed by atoms with Gasteiger partial charge in [0.15, 0.2) is 0 Å². The number of nitrogens with zero attached hydrogens (tertiary/aromatic N) is 1. The van der Waals surface area contributed by atoms with Crippen molar-refractivity contribution in [1.82, 2.24) is 9.88 Å². The van der Waals surface area contributed by atoms with Crippen LogP contribution in [0.2, 0.25) is 0 Å². The molecular formula is C34H33BrN2O3. The molecule has 0 saturated carbocycles. The molecule has 1 heterocycles. The van der Waals surface area contributed by atoms with Crippen molar-refractivity contribution in [2.75, 3.05) is 6.79 Å². The van der Waals surface area contributed by atoms with Crippen LogP contribution < -0.4 is 5.32 Å². The molecule has 0 aliphatic carbocycles. The van der Waals surface area contributed by atoms with E-state index in [-0.39, 0.29) is 18.7 Å². The Bertz CT molecular complexity index is 1660. The highest BCUT2D eigenvalue weighted by atomic mass is 79.9. The van der Waals surface area contributed by atoms with Crippen molar-refractivity contribution in [3.8, 4) is 11.1 Å². The number of aryl methyl sites for hydroxylation is 1. The predicted octanol–water partition coefficient (Wildman–Crippen LogP) is 7.69. The normalized spacial score (nSPS) is 12.0. The molecule has 0 fully saturated rings. The maximum absolute atomic E-state index is 13.1. The summed E-state index contributed by atoms with van der Waals surface area (Å²) in [5.41, 5.74) is 9.63. The Kier molecular flexibility index (Phi) is 8.50. The number of halogens is 1. The minimum absolute atomic E-state index is 0.0839. The number of hydrogen-bond acceptors (Lipinski definition) is 3. The van der Waals surface area contributed by atoms with Gasteiger partial charge in [0.05, 0.1) is 12.6 Å². The van der Waals surface area contributed by atoms with E-state index >= 15 is 0 Å². The molecule has 5 rings (SSSR count). The second-order valence-electron chi connectivity index (χ2n) is 10.1. The van der Waals surface area contributed by atoms with Gasteiger partial charge in [-0.05, 0) is 84.5 Å². The van der Waals surface area contributed by atoms with Gasteiger partial charge in [-0.2, -0.15) is 0 Å². The van der Waals surface area contributed by atoms with Crippen LogP contribution in [0.5, 0.6) is 0 Å². The Hall–Kier alpha value is -3.71. The summed E-state index contributed by atoms with van der Waals surface area (Å²) in [7, 11) is 0. The first-order valence-corrected chi connectivity index (χ1v) is 14.2. The van der Waals surface area contributed by atoms with Crippen molar-refractivity contribution < 1.29 is 14.6 Å². The summed E-state index contributed by atoms with van der Waals surface area (Å²) in [5, 5.41) is 13.3.